The van der Waals surface area contributed by atoms with Crippen molar-refractivity contribution in [3.05, 3.63) is 63.3 Å². The van der Waals surface area contributed by atoms with Gasteiger partial charge in [-0.25, -0.2) is 0 Å². The second kappa shape index (κ2) is 6.37. The van der Waals surface area contributed by atoms with Crippen molar-refractivity contribution in [1.82, 2.24) is 0 Å². The first-order valence-electron chi connectivity index (χ1n) is 6.59. The molecule has 3 rings (SSSR count). The molecule has 1 aromatic heterocycles. The van der Waals surface area contributed by atoms with Crippen LogP contribution in [0.2, 0.25) is 0 Å². The number of hydrogen-bond donors (Lipinski definition) is 0. The molecular formula is C16H12BrN3OS. The van der Waals surface area contributed by atoms with Crippen LogP contribution >= 0.6 is 27.3 Å². The van der Waals surface area contributed by atoms with E-state index in [-0.39, 0.29) is 5.91 Å². The molecule has 0 saturated carbocycles. The van der Waals surface area contributed by atoms with Crippen molar-refractivity contribution in [3.63, 3.8) is 0 Å². The molecule has 1 aromatic carbocycles. The Hall–Kier alpha value is -2.05. The SMILES string of the molecule is C=CCN1C(=O)/C(=N/N=C\c2ccc(Br)s2)c2ccccc21. The lowest BCUT2D eigenvalue weighted by Gasteiger charge is -2.13. The van der Waals surface area contributed by atoms with Crippen LogP contribution < -0.4 is 4.90 Å². The number of nitrogens with zero attached hydrogens (tertiary/aromatic N) is 3. The number of thiophene rings is 1. The first-order chi connectivity index (χ1) is 10.7. The van der Waals surface area contributed by atoms with Gasteiger partial charge in [0.1, 0.15) is 0 Å². The summed E-state index contributed by atoms with van der Waals surface area (Å²) in [7, 11) is 0. The van der Waals surface area contributed by atoms with Gasteiger partial charge >= 0.3 is 0 Å². The number of carbonyl (C=O) groups excluding carboxylic acids is 1. The monoisotopic (exact) mass is 373 g/mol. The largest absolute Gasteiger partial charge is 0.302 e. The molecule has 0 aliphatic carbocycles. The molecule has 0 N–H and O–H groups in total. The lowest BCUT2D eigenvalue weighted by molar-refractivity contribution is -0.112. The number of anilines is 1. The van der Waals surface area contributed by atoms with Gasteiger partial charge in [0.25, 0.3) is 5.91 Å². The average molecular weight is 374 g/mol. The number of para-hydroxylation sites is 1. The highest BCUT2D eigenvalue weighted by atomic mass is 79.9. The number of carbonyl (C=O) groups is 1. The van der Waals surface area contributed by atoms with E-state index in [1.165, 1.54) is 0 Å². The number of hydrogen-bond acceptors (Lipinski definition) is 4. The summed E-state index contributed by atoms with van der Waals surface area (Å²) in [6.45, 7) is 4.15. The van der Waals surface area contributed by atoms with Gasteiger partial charge in [0.2, 0.25) is 0 Å². The second-order valence-electron chi connectivity index (χ2n) is 4.56. The van der Waals surface area contributed by atoms with E-state index < -0.39 is 0 Å². The van der Waals surface area contributed by atoms with Gasteiger partial charge in [-0.1, -0.05) is 24.3 Å². The van der Waals surface area contributed by atoms with Crippen LogP contribution in [0.4, 0.5) is 5.69 Å². The summed E-state index contributed by atoms with van der Waals surface area (Å²) in [5, 5.41) is 8.19. The molecule has 1 aliphatic heterocycles. The predicted molar refractivity (Wildman–Crippen MR) is 95.1 cm³/mol. The molecule has 6 heteroatoms. The summed E-state index contributed by atoms with van der Waals surface area (Å²) in [5.74, 6) is -0.148. The van der Waals surface area contributed by atoms with Gasteiger partial charge in [-0.2, -0.15) is 5.10 Å². The molecule has 110 valence electrons. The maximum atomic E-state index is 12.5. The number of rotatable bonds is 4. The molecule has 0 spiro atoms. The lowest BCUT2D eigenvalue weighted by Crippen LogP contribution is -2.30. The Bertz CT molecular complexity index is 794. The van der Waals surface area contributed by atoms with E-state index in [9.17, 15) is 4.79 Å². The number of fused-ring (bicyclic) bond motifs is 1. The quantitative estimate of drug-likeness (QED) is 0.455. The molecule has 0 unspecified atom stereocenters. The smallest absolute Gasteiger partial charge is 0.279 e. The average Bonchev–Trinajstić information content (AvgIpc) is 3.04. The van der Waals surface area contributed by atoms with Crippen molar-refractivity contribution in [2.75, 3.05) is 11.4 Å². The van der Waals surface area contributed by atoms with E-state index in [0.29, 0.717) is 12.3 Å². The van der Waals surface area contributed by atoms with E-state index in [1.54, 1.807) is 28.5 Å². The summed E-state index contributed by atoms with van der Waals surface area (Å²) in [6.07, 6.45) is 3.35. The molecular weight excluding hydrogens is 362 g/mol. The molecule has 4 nitrogen and oxygen atoms in total. The van der Waals surface area contributed by atoms with E-state index in [2.05, 4.69) is 32.7 Å². The third-order valence-corrected chi connectivity index (χ3v) is 4.70. The fourth-order valence-corrected chi connectivity index (χ4v) is 3.50. The van der Waals surface area contributed by atoms with Crippen molar-refractivity contribution >= 4 is 50.8 Å². The summed E-state index contributed by atoms with van der Waals surface area (Å²) < 4.78 is 1.03. The van der Waals surface area contributed by atoms with Gasteiger partial charge in [0, 0.05) is 17.0 Å². The van der Waals surface area contributed by atoms with Gasteiger partial charge < -0.3 is 4.90 Å². The first kappa shape index (κ1) is 14.9. The van der Waals surface area contributed by atoms with E-state index in [1.807, 2.05) is 36.4 Å². The highest BCUT2D eigenvalue weighted by Crippen LogP contribution is 2.29. The summed E-state index contributed by atoms with van der Waals surface area (Å²) in [6, 6.07) is 11.5. The summed E-state index contributed by atoms with van der Waals surface area (Å²) in [5.41, 5.74) is 2.02. The standard InChI is InChI=1S/C16H12BrN3OS/c1-2-9-20-13-6-4-3-5-12(13)15(16(20)21)19-18-10-11-7-8-14(17)22-11/h2-8,10H,1,9H2/b18-10-,19-15+. The normalized spacial score (nSPS) is 15.8. The molecule has 2 heterocycles. The van der Waals surface area contributed by atoms with Crippen LogP contribution in [-0.2, 0) is 4.79 Å². The van der Waals surface area contributed by atoms with Crippen molar-refractivity contribution < 1.29 is 4.79 Å². The van der Waals surface area contributed by atoms with Gasteiger partial charge in [-0.3, -0.25) is 4.79 Å². The van der Waals surface area contributed by atoms with Crippen LogP contribution in [0, 0.1) is 0 Å². The van der Waals surface area contributed by atoms with Crippen LogP contribution in [0.25, 0.3) is 0 Å². The fraction of sp³-hybridized carbons (Fsp3) is 0.0625. The fourth-order valence-electron chi connectivity index (χ4n) is 2.21. The minimum atomic E-state index is -0.148. The maximum Gasteiger partial charge on any atom is 0.279 e. The van der Waals surface area contributed by atoms with Crippen LogP contribution in [0.3, 0.4) is 0 Å². The minimum Gasteiger partial charge on any atom is -0.302 e. The van der Waals surface area contributed by atoms with Crippen molar-refractivity contribution in [2.24, 2.45) is 10.2 Å². The topological polar surface area (TPSA) is 45.0 Å². The highest BCUT2D eigenvalue weighted by molar-refractivity contribution is 9.11. The Labute approximate surface area is 140 Å². The zero-order valence-corrected chi connectivity index (χ0v) is 14.0. The highest BCUT2D eigenvalue weighted by Gasteiger charge is 2.32. The number of halogens is 1. The summed E-state index contributed by atoms with van der Waals surface area (Å²) in [4.78, 5) is 15.1. The minimum absolute atomic E-state index is 0.148. The predicted octanol–water partition coefficient (Wildman–Crippen LogP) is 3.87. The number of amides is 1. The molecule has 0 bridgehead atoms. The summed E-state index contributed by atoms with van der Waals surface area (Å²) >= 11 is 4.95. The van der Waals surface area contributed by atoms with Gasteiger partial charge in [-0.15, -0.1) is 23.0 Å². The van der Waals surface area contributed by atoms with Crippen LogP contribution in [-0.4, -0.2) is 24.4 Å². The molecule has 1 amide bonds. The molecule has 22 heavy (non-hydrogen) atoms. The van der Waals surface area contributed by atoms with Crippen LogP contribution in [0.15, 0.2) is 63.0 Å². The first-order valence-corrected chi connectivity index (χ1v) is 8.20. The Kier molecular flexibility index (Phi) is 4.31. The van der Waals surface area contributed by atoms with E-state index >= 15 is 0 Å². The van der Waals surface area contributed by atoms with E-state index in [0.717, 1.165) is 19.9 Å². The van der Waals surface area contributed by atoms with Crippen LogP contribution in [0.1, 0.15) is 10.4 Å². The van der Waals surface area contributed by atoms with Crippen molar-refractivity contribution in [3.8, 4) is 0 Å². The van der Waals surface area contributed by atoms with Gasteiger partial charge in [0.05, 0.1) is 15.7 Å². The zero-order valence-electron chi connectivity index (χ0n) is 11.6. The zero-order chi connectivity index (χ0) is 15.5. The molecule has 0 atom stereocenters. The van der Waals surface area contributed by atoms with Crippen LogP contribution in [0.5, 0.6) is 0 Å². The molecule has 2 aromatic rings. The van der Waals surface area contributed by atoms with Gasteiger partial charge in [-0.05, 0) is 34.1 Å². The Balaban J connectivity index is 1.93. The molecule has 0 radical (unpaired) electrons. The third kappa shape index (κ3) is 2.80. The molecule has 0 fully saturated rings. The van der Waals surface area contributed by atoms with Crippen molar-refractivity contribution in [2.45, 2.75) is 0 Å². The lowest BCUT2D eigenvalue weighted by atomic mass is 10.1. The molecule has 1 aliphatic rings. The van der Waals surface area contributed by atoms with Crippen molar-refractivity contribution in [1.29, 1.82) is 0 Å². The molecule has 0 saturated heterocycles. The third-order valence-electron chi connectivity index (χ3n) is 3.15. The number of benzene rings is 1. The Morgan fingerprint density at radius 3 is 2.82 bits per heavy atom. The Morgan fingerprint density at radius 2 is 2.09 bits per heavy atom. The Morgan fingerprint density at radius 1 is 1.27 bits per heavy atom. The van der Waals surface area contributed by atoms with E-state index in [4.69, 9.17) is 0 Å². The van der Waals surface area contributed by atoms with Gasteiger partial charge in [0.15, 0.2) is 5.71 Å². The second-order valence-corrected chi connectivity index (χ2v) is 7.05. The maximum absolute atomic E-state index is 12.5.